The number of rotatable bonds is 5. The Balaban J connectivity index is 2.35. The van der Waals surface area contributed by atoms with E-state index in [4.69, 9.17) is 4.74 Å². The molecule has 1 aliphatic rings. The van der Waals surface area contributed by atoms with Crippen molar-refractivity contribution in [3.05, 3.63) is 29.3 Å². The number of hydrogen-bond acceptors (Lipinski definition) is 3. The average Bonchev–Trinajstić information content (AvgIpc) is 2.40. The first-order chi connectivity index (χ1) is 8.81. The fourth-order valence-electron chi connectivity index (χ4n) is 2.62. The van der Waals surface area contributed by atoms with Crippen LogP contribution in [0.2, 0.25) is 0 Å². The zero-order chi connectivity index (χ0) is 13.0. The summed E-state index contributed by atoms with van der Waals surface area (Å²) in [6, 6.07) is 6.94. The van der Waals surface area contributed by atoms with E-state index in [0.29, 0.717) is 11.3 Å². The van der Waals surface area contributed by atoms with Gasteiger partial charge in [0.05, 0.1) is 6.61 Å². The van der Waals surface area contributed by atoms with Crippen LogP contribution in [0, 0.1) is 0 Å². The van der Waals surface area contributed by atoms with Crippen LogP contribution in [0.25, 0.3) is 0 Å². The van der Waals surface area contributed by atoms with Gasteiger partial charge in [-0.05, 0) is 31.5 Å². The van der Waals surface area contributed by atoms with E-state index >= 15 is 0 Å². The number of benzene rings is 1. The molecule has 1 aromatic carbocycles. The number of fused-ring (bicyclic) bond motifs is 1. The van der Waals surface area contributed by atoms with E-state index in [1.54, 1.807) is 0 Å². The van der Waals surface area contributed by atoms with Crippen LogP contribution in [0.1, 0.15) is 44.4 Å². The lowest BCUT2D eigenvalue weighted by molar-refractivity contribution is 0.336. The smallest absolute Gasteiger partial charge is 0.123 e. The molecule has 2 rings (SSSR count). The van der Waals surface area contributed by atoms with Gasteiger partial charge in [-0.3, -0.25) is 0 Å². The fourth-order valence-corrected chi connectivity index (χ4v) is 3.98. The van der Waals surface area contributed by atoms with Gasteiger partial charge in [0.25, 0.3) is 0 Å². The van der Waals surface area contributed by atoms with Gasteiger partial charge >= 0.3 is 0 Å². The van der Waals surface area contributed by atoms with E-state index in [2.05, 4.69) is 49.1 Å². The first-order valence-electron chi connectivity index (χ1n) is 6.91. The van der Waals surface area contributed by atoms with Gasteiger partial charge in [0.15, 0.2) is 0 Å². The highest BCUT2D eigenvalue weighted by Gasteiger charge is 2.29. The Hall–Kier alpha value is -0.670. The molecular weight excluding hydrogens is 242 g/mol. The predicted molar refractivity (Wildman–Crippen MR) is 79.4 cm³/mol. The largest absolute Gasteiger partial charge is 0.494 e. The SMILES string of the molecule is CCNC1c2cccc(OCC)c2CSC1CC. The van der Waals surface area contributed by atoms with Crippen LogP contribution in [-0.2, 0) is 5.75 Å². The molecule has 0 radical (unpaired) electrons. The van der Waals surface area contributed by atoms with Crippen molar-refractivity contribution in [3.63, 3.8) is 0 Å². The van der Waals surface area contributed by atoms with Crippen LogP contribution in [0.15, 0.2) is 18.2 Å². The zero-order valence-electron chi connectivity index (χ0n) is 11.5. The van der Waals surface area contributed by atoms with Crippen LogP contribution in [0.4, 0.5) is 0 Å². The molecule has 0 aliphatic carbocycles. The summed E-state index contributed by atoms with van der Waals surface area (Å²) < 4.78 is 5.76. The van der Waals surface area contributed by atoms with Gasteiger partial charge in [0.1, 0.15) is 5.75 Å². The van der Waals surface area contributed by atoms with Gasteiger partial charge in [-0.1, -0.05) is 26.0 Å². The van der Waals surface area contributed by atoms with Gasteiger partial charge < -0.3 is 10.1 Å². The molecule has 2 atom stereocenters. The summed E-state index contributed by atoms with van der Waals surface area (Å²) >= 11 is 2.05. The third-order valence-electron chi connectivity index (χ3n) is 3.44. The molecule has 0 fully saturated rings. The predicted octanol–water partition coefficient (Wildman–Crippen LogP) is 3.76. The average molecular weight is 265 g/mol. The van der Waals surface area contributed by atoms with Crippen molar-refractivity contribution >= 4 is 11.8 Å². The second-order valence-corrected chi connectivity index (χ2v) is 5.78. The lowest BCUT2D eigenvalue weighted by atomic mass is 9.96. The van der Waals surface area contributed by atoms with E-state index in [0.717, 1.165) is 24.7 Å². The molecule has 1 aliphatic heterocycles. The Morgan fingerprint density at radius 3 is 2.83 bits per heavy atom. The third kappa shape index (κ3) is 2.67. The second-order valence-electron chi connectivity index (χ2n) is 4.55. The molecule has 1 aromatic rings. The standard InChI is InChI=1S/C15H23NOS/c1-4-14-15(16-5-2)11-8-7-9-13(17-6-3)12(11)10-18-14/h7-9,14-16H,4-6,10H2,1-3H3. The Morgan fingerprint density at radius 1 is 1.33 bits per heavy atom. The van der Waals surface area contributed by atoms with Gasteiger partial charge in [-0.25, -0.2) is 0 Å². The van der Waals surface area contributed by atoms with E-state index in [1.807, 2.05) is 6.92 Å². The fraction of sp³-hybridized carbons (Fsp3) is 0.600. The van der Waals surface area contributed by atoms with Gasteiger partial charge in [0.2, 0.25) is 0 Å². The highest BCUT2D eigenvalue weighted by molar-refractivity contribution is 7.99. The Kier molecular flexibility index (Phi) is 4.95. The van der Waals surface area contributed by atoms with Crippen molar-refractivity contribution < 1.29 is 4.74 Å². The molecule has 1 heterocycles. The number of hydrogen-bond donors (Lipinski definition) is 1. The van der Waals surface area contributed by atoms with Crippen LogP contribution in [-0.4, -0.2) is 18.4 Å². The topological polar surface area (TPSA) is 21.3 Å². The monoisotopic (exact) mass is 265 g/mol. The summed E-state index contributed by atoms with van der Waals surface area (Å²) in [6.45, 7) is 8.26. The van der Waals surface area contributed by atoms with Gasteiger partial charge in [0, 0.05) is 22.6 Å². The molecule has 0 aromatic heterocycles. The van der Waals surface area contributed by atoms with Crippen LogP contribution in [0.3, 0.4) is 0 Å². The van der Waals surface area contributed by atoms with E-state index in [-0.39, 0.29) is 0 Å². The van der Waals surface area contributed by atoms with Crippen LogP contribution >= 0.6 is 11.8 Å². The molecule has 0 saturated heterocycles. The molecule has 0 spiro atoms. The minimum Gasteiger partial charge on any atom is -0.494 e. The molecule has 1 N–H and O–H groups in total. The van der Waals surface area contributed by atoms with E-state index in [9.17, 15) is 0 Å². The summed E-state index contributed by atoms with van der Waals surface area (Å²) in [7, 11) is 0. The Bertz CT molecular complexity index is 394. The quantitative estimate of drug-likeness (QED) is 0.876. The van der Waals surface area contributed by atoms with Crippen LogP contribution in [0.5, 0.6) is 5.75 Å². The molecule has 3 heteroatoms. The maximum absolute atomic E-state index is 5.76. The summed E-state index contributed by atoms with van der Waals surface area (Å²) in [5.41, 5.74) is 2.83. The van der Waals surface area contributed by atoms with Crippen molar-refractivity contribution in [2.45, 2.75) is 44.2 Å². The van der Waals surface area contributed by atoms with E-state index < -0.39 is 0 Å². The van der Waals surface area contributed by atoms with Crippen LogP contribution < -0.4 is 10.1 Å². The molecule has 2 nitrogen and oxygen atoms in total. The van der Waals surface area contributed by atoms with Crippen molar-refractivity contribution in [2.75, 3.05) is 13.2 Å². The summed E-state index contributed by atoms with van der Waals surface area (Å²) in [4.78, 5) is 0. The summed E-state index contributed by atoms with van der Waals surface area (Å²) in [5, 5.41) is 4.31. The molecule has 0 saturated carbocycles. The number of thioether (sulfide) groups is 1. The summed E-state index contributed by atoms with van der Waals surface area (Å²) in [5.74, 6) is 2.14. The van der Waals surface area contributed by atoms with Crippen molar-refractivity contribution in [1.82, 2.24) is 5.32 Å². The lowest BCUT2D eigenvalue weighted by Crippen LogP contribution is -2.33. The van der Waals surface area contributed by atoms with Crippen molar-refractivity contribution in [3.8, 4) is 5.75 Å². The third-order valence-corrected chi connectivity index (χ3v) is 4.93. The normalized spacial score (nSPS) is 22.6. The zero-order valence-corrected chi connectivity index (χ0v) is 12.3. The first kappa shape index (κ1) is 13.8. The van der Waals surface area contributed by atoms with Crippen molar-refractivity contribution in [1.29, 1.82) is 0 Å². The highest BCUT2D eigenvalue weighted by atomic mass is 32.2. The minimum atomic E-state index is 0.467. The van der Waals surface area contributed by atoms with Gasteiger partial charge in [-0.2, -0.15) is 11.8 Å². The minimum absolute atomic E-state index is 0.467. The number of nitrogens with one attached hydrogen (secondary N) is 1. The molecule has 0 amide bonds. The van der Waals surface area contributed by atoms with Gasteiger partial charge in [-0.15, -0.1) is 0 Å². The Labute approximate surface area is 114 Å². The molecule has 18 heavy (non-hydrogen) atoms. The highest BCUT2D eigenvalue weighted by Crippen LogP contribution is 2.42. The van der Waals surface area contributed by atoms with E-state index in [1.165, 1.54) is 17.5 Å². The van der Waals surface area contributed by atoms with Crippen molar-refractivity contribution in [2.24, 2.45) is 0 Å². The Morgan fingerprint density at radius 2 is 2.17 bits per heavy atom. The lowest BCUT2D eigenvalue weighted by Gasteiger charge is -2.34. The maximum Gasteiger partial charge on any atom is 0.123 e. The molecule has 0 bridgehead atoms. The second kappa shape index (κ2) is 6.48. The summed E-state index contributed by atoms with van der Waals surface area (Å²) in [6.07, 6.45) is 1.21. The number of ether oxygens (including phenoxy) is 1. The maximum atomic E-state index is 5.76. The molecular formula is C15H23NOS. The molecule has 2 unspecified atom stereocenters. The molecule has 100 valence electrons. The first-order valence-corrected chi connectivity index (χ1v) is 7.96.